The van der Waals surface area contributed by atoms with E-state index in [1.54, 1.807) is 0 Å². The molecule has 0 aliphatic carbocycles. The number of imidazole rings is 1. The molecule has 0 unspecified atom stereocenters. The van der Waals surface area contributed by atoms with E-state index in [9.17, 15) is 0 Å². The molecule has 174 valence electrons. The average Bonchev–Trinajstić information content (AvgIpc) is 3.21. The second-order valence-electron chi connectivity index (χ2n) is 9.63. The summed E-state index contributed by atoms with van der Waals surface area (Å²) in [6, 6.07) is 11.3. The molecule has 0 saturated heterocycles. The Bertz CT molecular complexity index is 671. The Morgan fingerprint density at radius 1 is 0.677 bits per heavy atom. The maximum absolute atomic E-state index is 2.46. The Labute approximate surface area is 193 Å². The van der Waals surface area contributed by atoms with Crippen LogP contribution in [0.3, 0.4) is 0 Å². The highest BCUT2D eigenvalue weighted by Crippen LogP contribution is 2.20. The first kappa shape index (κ1) is 25.7. The van der Waals surface area contributed by atoms with Crippen molar-refractivity contribution in [1.29, 1.82) is 0 Å². The predicted molar refractivity (Wildman–Crippen MR) is 135 cm³/mol. The summed E-state index contributed by atoms with van der Waals surface area (Å²) < 4.78 is 4.86. The zero-order valence-electron chi connectivity index (χ0n) is 20.8. The van der Waals surface area contributed by atoms with Crippen LogP contribution in [0.2, 0.25) is 0 Å². The lowest BCUT2D eigenvalue weighted by Crippen LogP contribution is -2.35. The van der Waals surface area contributed by atoms with Gasteiger partial charge in [0.25, 0.3) is 5.82 Å². The van der Waals surface area contributed by atoms with Crippen molar-refractivity contribution in [2.45, 2.75) is 130 Å². The third kappa shape index (κ3) is 10.1. The van der Waals surface area contributed by atoms with E-state index >= 15 is 0 Å². The summed E-state index contributed by atoms with van der Waals surface area (Å²) in [5, 5.41) is 0. The van der Waals surface area contributed by atoms with Crippen molar-refractivity contribution in [2.75, 3.05) is 0 Å². The Kier molecular flexibility index (Phi) is 13.4. The second-order valence-corrected chi connectivity index (χ2v) is 9.63. The second kappa shape index (κ2) is 16.1. The number of rotatable bonds is 18. The minimum Gasteiger partial charge on any atom is -0.230 e. The number of aromatic nitrogens is 2. The van der Waals surface area contributed by atoms with Crippen molar-refractivity contribution >= 4 is 0 Å². The Balaban J connectivity index is 1.54. The molecule has 2 heteroatoms. The van der Waals surface area contributed by atoms with E-state index in [0.717, 1.165) is 6.54 Å². The quantitative estimate of drug-likeness (QED) is 0.166. The summed E-state index contributed by atoms with van der Waals surface area (Å²) in [6.45, 7) is 7.96. The van der Waals surface area contributed by atoms with Gasteiger partial charge in [-0.05, 0) is 38.8 Å². The van der Waals surface area contributed by atoms with E-state index in [0.29, 0.717) is 6.04 Å². The molecular weight excluding hydrogens is 376 g/mol. The van der Waals surface area contributed by atoms with E-state index in [2.05, 4.69) is 72.6 Å². The summed E-state index contributed by atoms with van der Waals surface area (Å²) in [7, 11) is 0. The summed E-state index contributed by atoms with van der Waals surface area (Å²) in [5.74, 6) is 1.35. The van der Waals surface area contributed by atoms with Crippen LogP contribution in [0.25, 0.3) is 11.4 Å². The molecule has 0 aliphatic rings. The van der Waals surface area contributed by atoms with Crippen LogP contribution >= 0.6 is 0 Å². The molecule has 2 rings (SSSR count). The number of unbranched alkanes of at least 4 members (excludes halogenated alkanes) is 14. The molecule has 0 fully saturated rings. The maximum Gasteiger partial charge on any atom is 0.289 e. The lowest BCUT2D eigenvalue weighted by molar-refractivity contribution is -0.686. The van der Waals surface area contributed by atoms with Gasteiger partial charge in [0.2, 0.25) is 0 Å². The average molecular weight is 426 g/mol. The lowest BCUT2D eigenvalue weighted by atomic mass is 10.0. The van der Waals surface area contributed by atoms with Crippen LogP contribution in [0.15, 0.2) is 42.7 Å². The highest BCUT2D eigenvalue weighted by molar-refractivity contribution is 5.52. The molecule has 0 saturated carbocycles. The van der Waals surface area contributed by atoms with Gasteiger partial charge in [-0.15, -0.1) is 0 Å². The first-order chi connectivity index (χ1) is 15.2. The van der Waals surface area contributed by atoms with Gasteiger partial charge in [-0.25, -0.2) is 9.13 Å². The Morgan fingerprint density at radius 2 is 1.16 bits per heavy atom. The summed E-state index contributed by atoms with van der Waals surface area (Å²) in [5.41, 5.74) is 1.32. The van der Waals surface area contributed by atoms with Gasteiger partial charge in [0, 0.05) is 0 Å². The van der Waals surface area contributed by atoms with Crippen molar-refractivity contribution in [3.63, 3.8) is 0 Å². The summed E-state index contributed by atoms with van der Waals surface area (Å²) >= 11 is 0. The van der Waals surface area contributed by atoms with Gasteiger partial charge < -0.3 is 0 Å². The molecule has 0 bridgehead atoms. The molecule has 0 aliphatic heterocycles. The lowest BCUT2D eigenvalue weighted by Gasteiger charge is -2.08. The Hall–Kier alpha value is -1.57. The van der Waals surface area contributed by atoms with E-state index < -0.39 is 0 Å². The number of aryl methyl sites for hydroxylation is 1. The van der Waals surface area contributed by atoms with Gasteiger partial charge in [0.05, 0.1) is 18.2 Å². The third-order valence-electron chi connectivity index (χ3n) is 6.51. The van der Waals surface area contributed by atoms with Crippen LogP contribution in [-0.4, -0.2) is 4.57 Å². The first-order valence-electron chi connectivity index (χ1n) is 13.4. The predicted octanol–water partition coefficient (Wildman–Crippen LogP) is 8.89. The molecule has 0 radical (unpaired) electrons. The van der Waals surface area contributed by atoms with Crippen LogP contribution in [-0.2, 0) is 6.54 Å². The van der Waals surface area contributed by atoms with Crippen LogP contribution in [0, 0.1) is 0 Å². The van der Waals surface area contributed by atoms with Crippen LogP contribution < -0.4 is 4.57 Å². The molecule has 1 heterocycles. The summed E-state index contributed by atoms with van der Waals surface area (Å²) in [4.78, 5) is 0. The van der Waals surface area contributed by atoms with Gasteiger partial charge in [-0.3, -0.25) is 0 Å². The van der Waals surface area contributed by atoms with Crippen LogP contribution in [0.1, 0.15) is 123 Å². The monoisotopic (exact) mass is 425 g/mol. The number of hydrogen-bond acceptors (Lipinski definition) is 0. The van der Waals surface area contributed by atoms with Gasteiger partial charge in [-0.1, -0.05) is 109 Å². The third-order valence-corrected chi connectivity index (χ3v) is 6.51. The number of nitrogens with zero attached hydrogens (tertiary/aromatic N) is 2. The first-order valence-corrected chi connectivity index (χ1v) is 13.4. The van der Waals surface area contributed by atoms with Crippen LogP contribution in [0.4, 0.5) is 0 Å². The highest BCUT2D eigenvalue weighted by atomic mass is 15.2. The van der Waals surface area contributed by atoms with Gasteiger partial charge in [-0.2, -0.15) is 0 Å². The Morgan fingerprint density at radius 3 is 1.65 bits per heavy atom. The summed E-state index contributed by atoms with van der Waals surface area (Å²) in [6.07, 6.45) is 25.8. The fourth-order valence-corrected chi connectivity index (χ4v) is 4.59. The molecule has 0 atom stereocenters. The largest absolute Gasteiger partial charge is 0.289 e. The molecule has 0 amide bonds. The van der Waals surface area contributed by atoms with Crippen LogP contribution in [0.5, 0.6) is 0 Å². The molecular formula is C29H49N2+. The number of benzene rings is 1. The molecule has 2 nitrogen and oxygen atoms in total. The van der Waals surface area contributed by atoms with Crippen molar-refractivity contribution < 1.29 is 4.57 Å². The SMILES string of the molecule is CCCCCCCCCCCCCCCCC[n+]1ccn(C(C)C)c1-c1ccccc1. The normalized spacial score (nSPS) is 11.5. The molecule has 1 aromatic heterocycles. The van der Waals surface area contributed by atoms with Crippen molar-refractivity contribution in [3.05, 3.63) is 42.7 Å². The fraction of sp³-hybridized carbons (Fsp3) is 0.690. The topological polar surface area (TPSA) is 8.81 Å². The van der Waals surface area contributed by atoms with Crippen molar-refractivity contribution in [1.82, 2.24) is 4.57 Å². The van der Waals surface area contributed by atoms with Gasteiger partial charge in [0.1, 0.15) is 12.4 Å². The van der Waals surface area contributed by atoms with Crippen molar-refractivity contribution in [3.8, 4) is 11.4 Å². The highest BCUT2D eigenvalue weighted by Gasteiger charge is 2.20. The fourth-order valence-electron chi connectivity index (χ4n) is 4.59. The minimum absolute atomic E-state index is 0.484. The van der Waals surface area contributed by atoms with Crippen molar-refractivity contribution in [2.24, 2.45) is 0 Å². The zero-order chi connectivity index (χ0) is 22.2. The zero-order valence-corrected chi connectivity index (χ0v) is 20.8. The molecule has 31 heavy (non-hydrogen) atoms. The minimum atomic E-state index is 0.484. The van der Waals surface area contributed by atoms with Gasteiger partial charge >= 0.3 is 0 Å². The smallest absolute Gasteiger partial charge is 0.230 e. The molecule has 0 N–H and O–H groups in total. The van der Waals surface area contributed by atoms with E-state index in [1.807, 2.05) is 0 Å². The van der Waals surface area contributed by atoms with Gasteiger partial charge in [0.15, 0.2) is 0 Å². The number of hydrogen-bond donors (Lipinski definition) is 0. The van der Waals surface area contributed by atoms with E-state index in [-0.39, 0.29) is 0 Å². The van der Waals surface area contributed by atoms with E-state index in [4.69, 9.17) is 0 Å². The molecule has 1 aromatic carbocycles. The van der Waals surface area contributed by atoms with E-state index in [1.165, 1.54) is 108 Å². The molecule has 2 aromatic rings. The molecule has 0 spiro atoms. The standard InChI is InChI=1S/C29H49N2/c1-4-5-6-7-8-9-10-11-12-13-14-15-16-17-21-24-30-25-26-31(27(2)3)29(30)28-22-19-18-20-23-28/h18-20,22-23,25-27H,4-17,21,24H2,1-3H3/q+1. The maximum atomic E-state index is 2.46.